The summed E-state index contributed by atoms with van der Waals surface area (Å²) in [4.78, 5) is 0. The van der Waals surface area contributed by atoms with Crippen LogP contribution in [0, 0.1) is 0 Å². The largest absolute Gasteiger partial charge is 0.360 e. The standard InChI is InChI=1S/C10H12N2O/c1-2-10-8-5-7(6-11)3-4-9(8)12-13-10/h3-5H,2,6,11H2,1H3. The van der Waals surface area contributed by atoms with Crippen LogP contribution in [-0.2, 0) is 13.0 Å². The number of fused-ring (bicyclic) bond motifs is 1. The molecule has 0 aliphatic rings. The highest BCUT2D eigenvalue weighted by Gasteiger charge is 2.05. The molecular formula is C10H12N2O. The van der Waals surface area contributed by atoms with Crippen molar-refractivity contribution in [3.63, 3.8) is 0 Å². The quantitative estimate of drug-likeness (QED) is 0.759. The average molecular weight is 176 g/mol. The predicted octanol–water partition coefficient (Wildman–Crippen LogP) is 1.85. The Morgan fingerprint density at radius 1 is 1.46 bits per heavy atom. The van der Waals surface area contributed by atoms with Gasteiger partial charge in [-0.05, 0) is 17.7 Å². The number of nitrogens with two attached hydrogens (primary N) is 1. The van der Waals surface area contributed by atoms with Gasteiger partial charge in [-0.25, -0.2) is 0 Å². The number of rotatable bonds is 2. The third-order valence-electron chi connectivity index (χ3n) is 2.17. The second-order valence-electron chi connectivity index (χ2n) is 3.01. The number of aromatic nitrogens is 1. The van der Waals surface area contributed by atoms with E-state index < -0.39 is 0 Å². The Morgan fingerprint density at radius 3 is 3.00 bits per heavy atom. The van der Waals surface area contributed by atoms with Gasteiger partial charge in [-0.2, -0.15) is 0 Å². The van der Waals surface area contributed by atoms with Gasteiger partial charge < -0.3 is 10.3 Å². The smallest absolute Gasteiger partial charge is 0.144 e. The first-order valence-corrected chi connectivity index (χ1v) is 4.42. The lowest BCUT2D eigenvalue weighted by Gasteiger charge is -1.95. The van der Waals surface area contributed by atoms with Gasteiger partial charge >= 0.3 is 0 Å². The summed E-state index contributed by atoms with van der Waals surface area (Å²) in [5, 5.41) is 5.04. The summed E-state index contributed by atoms with van der Waals surface area (Å²) in [7, 11) is 0. The Morgan fingerprint density at radius 2 is 2.31 bits per heavy atom. The molecule has 2 aromatic rings. The van der Waals surface area contributed by atoms with E-state index in [1.54, 1.807) is 0 Å². The van der Waals surface area contributed by atoms with Crippen molar-refractivity contribution in [3.8, 4) is 0 Å². The van der Waals surface area contributed by atoms with Gasteiger partial charge in [0.1, 0.15) is 11.3 Å². The maximum Gasteiger partial charge on any atom is 0.144 e. The molecule has 0 amide bonds. The van der Waals surface area contributed by atoms with Gasteiger partial charge in [-0.1, -0.05) is 18.1 Å². The third-order valence-corrected chi connectivity index (χ3v) is 2.17. The molecule has 0 fully saturated rings. The number of hydrogen-bond donors (Lipinski definition) is 1. The van der Waals surface area contributed by atoms with Gasteiger partial charge in [-0.15, -0.1) is 0 Å². The van der Waals surface area contributed by atoms with Crippen molar-refractivity contribution in [2.75, 3.05) is 0 Å². The fourth-order valence-corrected chi connectivity index (χ4v) is 1.42. The van der Waals surface area contributed by atoms with Crippen LogP contribution < -0.4 is 5.73 Å². The van der Waals surface area contributed by atoms with E-state index in [9.17, 15) is 0 Å². The summed E-state index contributed by atoms with van der Waals surface area (Å²) in [5.74, 6) is 0.935. The lowest BCUT2D eigenvalue weighted by Crippen LogP contribution is -1.95. The summed E-state index contributed by atoms with van der Waals surface area (Å²) >= 11 is 0. The molecule has 0 bridgehead atoms. The number of aryl methyl sites for hydroxylation is 1. The lowest BCUT2D eigenvalue weighted by atomic mass is 10.1. The summed E-state index contributed by atoms with van der Waals surface area (Å²) in [5.41, 5.74) is 7.58. The fraction of sp³-hybridized carbons (Fsp3) is 0.300. The van der Waals surface area contributed by atoms with Gasteiger partial charge in [0.05, 0.1) is 0 Å². The van der Waals surface area contributed by atoms with Crippen molar-refractivity contribution in [2.45, 2.75) is 19.9 Å². The van der Waals surface area contributed by atoms with Gasteiger partial charge in [0.25, 0.3) is 0 Å². The van der Waals surface area contributed by atoms with Crippen LogP contribution in [0.2, 0.25) is 0 Å². The van der Waals surface area contributed by atoms with Crippen LogP contribution >= 0.6 is 0 Å². The minimum Gasteiger partial charge on any atom is -0.360 e. The van der Waals surface area contributed by atoms with Crippen molar-refractivity contribution >= 4 is 10.9 Å². The van der Waals surface area contributed by atoms with Crippen LogP contribution in [0.5, 0.6) is 0 Å². The second-order valence-corrected chi connectivity index (χ2v) is 3.01. The van der Waals surface area contributed by atoms with Crippen LogP contribution in [0.4, 0.5) is 0 Å². The van der Waals surface area contributed by atoms with Crippen LogP contribution in [0.1, 0.15) is 18.2 Å². The molecule has 2 rings (SSSR count). The van der Waals surface area contributed by atoms with Crippen LogP contribution in [0.3, 0.4) is 0 Å². The molecular weight excluding hydrogens is 164 g/mol. The van der Waals surface area contributed by atoms with E-state index in [-0.39, 0.29) is 0 Å². The minimum absolute atomic E-state index is 0.560. The molecule has 1 aromatic carbocycles. The first-order chi connectivity index (χ1) is 6.35. The zero-order valence-electron chi connectivity index (χ0n) is 7.58. The van der Waals surface area contributed by atoms with E-state index in [0.717, 1.165) is 28.6 Å². The van der Waals surface area contributed by atoms with E-state index in [0.29, 0.717) is 6.54 Å². The van der Waals surface area contributed by atoms with E-state index in [1.165, 1.54) is 0 Å². The summed E-state index contributed by atoms with van der Waals surface area (Å²) in [6.07, 6.45) is 0.866. The van der Waals surface area contributed by atoms with Gasteiger partial charge in [0.15, 0.2) is 0 Å². The monoisotopic (exact) mass is 176 g/mol. The first kappa shape index (κ1) is 8.26. The number of hydrogen-bond acceptors (Lipinski definition) is 3. The maximum absolute atomic E-state index is 5.55. The second kappa shape index (κ2) is 3.18. The Bertz CT molecular complexity index is 420. The summed E-state index contributed by atoms with van der Waals surface area (Å²) < 4.78 is 5.17. The topological polar surface area (TPSA) is 52.0 Å². The van der Waals surface area contributed by atoms with Crippen molar-refractivity contribution in [1.82, 2.24) is 5.16 Å². The molecule has 0 atom stereocenters. The van der Waals surface area contributed by atoms with E-state index in [4.69, 9.17) is 10.3 Å². The van der Waals surface area contributed by atoms with Crippen molar-refractivity contribution in [1.29, 1.82) is 0 Å². The average Bonchev–Trinajstić information content (AvgIpc) is 2.59. The Labute approximate surface area is 76.5 Å². The molecule has 1 aromatic heterocycles. The van der Waals surface area contributed by atoms with Gasteiger partial charge in [-0.3, -0.25) is 0 Å². The highest BCUT2D eigenvalue weighted by molar-refractivity contribution is 5.81. The molecule has 3 heteroatoms. The van der Waals surface area contributed by atoms with E-state index in [2.05, 4.69) is 12.1 Å². The molecule has 13 heavy (non-hydrogen) atoms. The number of nitrogens with zero attached hydrogens (tertiary/aromatic N) is 1. The zero-order chi connectivity index (χ0) is 9.26. The number of benzene rings is 1. The molecule has 0 radical (unpaired) electrons. The van der Waals surface area contributed by atoms with Gasteiger partial charge in [0.2, 0.25) is 0 Å². The molecule has 0 unspecified atom stereocenters. The molecule has 0 saturated carbocycles. The lowest BCUT2D eigenvalue weighted by molar-refractivity contribution is 0.395. The molecule has 0 saturated heterocycles. The Kier molecular flexibility index (Phi) is 2.02. The normalized spacial score (nSPS) is 10.9. The van der Waals surface area contributed by atoms with Crippen LogP contribution in [-0.4, -0.2) is 5.16 Å². The van der Waals surface area contributed by atoms with Gasteiger partial charge in [0, 0.05) is 18.4 Å². The molecule has 1 heterocycles. The highest BCUT2D eigenvalue weighted by Crippen LogP contribution is 2.19. The van der Waals surface area contributed by atoms with E-state index >= 15 is 0 Å². The van der Waals surface area contributed by atoms with Crippen LogP contribution in [0.15, 0.2) is 22.7 Å². The zero-order valence-corrected chi connectivity index (χ0v) is 7.58. The van der Waals surface area contributed by atoms with Crippen LogP contribution in [0.25, 0.3) is 10.9 Å². The molecule has 3 nitrogen and oxygen atoms in total. The highest BCUT2D eigenvalue weighted by atomic mass is 16.5. The molecule has 0 spiro atoms. The first-order valence-electron chi connectivity index (χ1n) is 4.42. The van der Waals surface area contributed by atoms with Crippen molar-refractivity contribution in [3.05, 3.63) is 29.5 Å². The molecule has 0 aliphatic heterocycles. The predicted molar refractivity (Wildman–Crippen MR) is 51.3 cm³/mol. The summed E-state index contributed by atoms with van der Waals surface area (Å²) in [6, 6.07) is 5.97. The third kappa shape index (κ3) is 1.31. The van der Waals surface area contributed by atoms with E-state index in [1.807, 2.05) is 18.2 Å². The van der Waals surface area contributed by atoms with Crippen molar-refractivity contribution < 1.29 is 4.52 Å². The molecule has 68 valence electrons. The Balaban J connectivity index is 2.64. The maximum atomic E-state index is 5.55. The fourth-order valence-electron chi connectivity index (χ4n) is 1.42. The summed E-state index contributed by atoms with van der Waals surface area (Å²) in [6.45, 7) is 2.61. The Hall–Kier alpha value is -1.35. The van der Waals surface area contributed by atoms with Crippen molar-refractivity contribution in [2.24, 2.45) is 5.73 Å². The SMILES string of the molecule is CCc1onc2ccc(CN)cc12. The minimum atomic E-state index is 0.560. The molecule has 0 aliphatic carbocycles. The molecule has 2 N–H and O–H groups in total.